The lowest BCUT2D eigenvalue weighted by molar-refractivity contribution is -0.111. The van der Waals surface area contributed by atoms with Crippen molar-refractivity contribution in [3.05, 3.63) is 56.5 Å². The fraction of sp³-hybridized carbons (Fsp3) is 0.238. The zero-order valence-electron chi connectivity index (χ0n) is 15.6. The van der Waals surface area contributed by atoms with Gasteiger partial charge in [0.15, 0.2) is 5.13 Å². The van der Waals surface area contributed by atoms with Crippen LogP contribution in [0.4, 0.5) is 5.13 Å². The first-order chi connectivity index (χ1) is 13.5. The minimum Gasteiger partial charge on any atom is -0.495 e. The highest BCUT2D eigenvalue weighted by molar-refractivity contribution is 9.11. The lowest BCUT2D eigenvalue weighted by Gasteiger charge is -2.08. The van der Waals surface area contributed by atoms with Gasteiger partial charge in [-0.3, -0.25) is 10.1 Å². The number of benzene rings is 2. The number of nitrogens with zero attached hydrogens (tertiary/aromatic N) is 1. The molecule has 0 bridgehead atoms. The minimum absolute atomic E-state index is 0.233. The Morgan fingerprint density at radius 3 is 2.86 bits per heavy atom. The summed E-state index contributed by atoms with van der Waals surface area (Å²) in [6, 6.07) is 10.1. The van der Waals surface area contributed by atoms with Crippen molar-refractivity contribution in [3.8, 4) is 5.75 Å². The number of nitrogens with one attached hydrogen (secondary N) is 1. The largest absolute Gasteiger partial charge is 0.495 e. The molecule has 1 amide bonds. The number of hydrogen-bond acceptors (Lipinski definition) is 4. The number of ether oxygens (including phenoxy) is 1. The van der Waals surface area contributed by atoms with Gasteiger partial charge in [-0.1, -0.05) is 46.7 Å². The van der Waals surface area contributed by atoms with Crippen LogP contribution < -0.4 is 10.1 Å². The van der Waals surface area contributed by atoms with Gasteiger partial charge in [-0.25, -0.2) is 4.98 Å². The number of amides is 1. The molecule has 7 heteroatoms. The van der Waals surface area contributed by atoms with Crippen LogP contribution in [0.5, 0.6) is 5.75 Å². The van der Waals surface area contributed by atoms with Gasteiger partial charge in [-0.15, -0.1) is 0 Å². The predicted molar refractivity (Wildman–Crippen MR) is 124 cm³/mol. The summed E-state index contributed by atoms with van der Waals surface area (Å²) in [7, 11) is 1.60. The highest BCUT2D eigenvalue weighted by atomic mass is 79.9. The Kier molecular flexibility index (Phi) is 7.26. The van der Waals surface area contributed by atoms with Gasteiger partial charge >= 0.3 is 0 Å². The Morgan fingerprint density at radius 1 is 1.29 bits per heavy atom. The summed E-state index contributed by atoms with van der Waals surface area (Å²) < 4.78 is 8.20. The number of rotatable bonds is 7. The maximum atomic E-state index is 12.3. The zero-order valence-corrected chi connectivity index (χ0v) is 19.6. The number of hydrogen-bond donors (Lipinski definition) is 1. The average Bonchev–Trinajstić information content (AvgIpc) is 3.05. The van der Waals surface area contributed by atoms with E-state index >= 15 is 0 Å². The number of aromatic nitrogens is 1. The van der Waals surface area contributed by atoms with Crippen molar-refractivity contribution in [3.63, 3.8) is 0 Å². The molecule has 28 heavy (non-hydrogen) atoms. The molecule has 2 aromatic carbocycles. The van der Waals surface area contributed by atoms with Crippen molar-refractivity contribution < 1.29 is 9.53 Å². The Morgan fingerprint density at radius 2 is 2.11 bits per heavy atom. The number of fused-ring (bicyclic) bond motifs is 1. The lowest BCUT2D eigenvalue weighted by Crippen LogP contribution is -2.07. The molecule has 0 atom stereocenters. The van der Waals surface area contributed by atoms with Crippen molar-refractivity contribution in [2.24, 2.45) is 0 Å². The maximum Gasteiger partial charge on any atom is 0.250 e. The van der Waals surface area contributed by atoms with Crippen molar-refractivity contribution >= 4 is 70.5 Å². The van der Waals surface area contributed by atoms with E-state index in [2.05, 4.69) is 61.2 Å². The topological polar surface area (TPSA) is 51.2 Å². The van der Waals surface area contributed by atoms with Gasteiger partial charge < -0.3 is 4.74 Å². The van der Waals surface area contributed by atoms with E-state index in [1.54, 1.807) is 13.2 Å². The fourth-order valence-electron chi connectivity index (χ4n) is 2.79. The standard InChI is InChI=1S/C21H20Br2N2O2S/c1-3-4-5-13-6-8-17-18(10-13)28-21(24-17)25-19(26)9-7-14-11-15(22)12-16(23)20(14)27-2/h6-12H,3-5H2,1-2H3,(H,24,25,26)/b9-7+. The molecule has 3 rings (SSSR count). The molecule has 0 aliphatic rings. The molecule has 0 unspecified atom stereocenters. The third-order valence-electron chi connectivity index (χ3n) is 4.16. The molecule has 0 aliphatic heterocycles. The molecule has 0 spiro atoms. The number of carbonyl (C=O) groups excluding carboxylic acids is 1. The number of halogens is 2. The van der Waals surface area contributed by atoms with Crippen LogP contribution in [0.15, 0.2) is 45.4 Å². The number of thiazole rings is 1. The molecule has 1 aromatic heterocycles. The summed E-state index contributed by atoms with van der Waals surface area (Å²) in [5.41, 5.74) is 3.01. The molecular formula is C21H20Br2N2O2S. The van der Waals surface area contributed by atoms with E-state index in [1.807, 2.05) is 18.2 Å². The molecule has 4 nitrogen and oxygen atoms in total. The van der Waals surface area contributed by atoms with E-state index in [0.29, 0.717) is 10.9 Å². The number of carbonyl (C=O) groups is 1. The quantitative estimate of drug-likeness (QED) is 0.345. The molecule has 146 valence electrons. The van der Waals surface area contributed by atoms with Crippen LogP contribution in [0.2, 0.25) is 0 Å². The van der Waals surface area contributed by atoms with Crippen molar-refractivity contribution in [2.45, 2.75) is 26.2 Å². The summed E-state index contributed by atoms with van der Waals surface area (Å²) in [4.78, 5) is 16.8. The van der Waals surface area contributed by atoms with E-state index in [-0.39, 0.29) is 5.91 Å². The van der Waals surface area contributed by atoms with Crippen LogP contribution in [-0.4, -0.2) is 18.0 Å². The molecular weight excluding hydrogens is 504 g/mol. The monoisotopic (exact) mass is 522 g/mol. The third kappa shape index (κ3) is 5.21. The van der Waals surface area contributed by atoms with Gasteiger partial charge in [0.05, 0.1) is 21.8 Å². The van der Waals surface area contributed by atoms with Crippen LogP contribution in [0.1, 0.15) is 30.9 Å². The van der Waals surface area contributed by atoms with Gasteiger partial charge in [-0.05, 0) is 64.7 Å². The van der Waals surface area contributed by atoms with Gasteiger partial charge in [-0.2, -0.15) is 0 Å². The predicted octanol–water partition coefficient (Wildman–Crippen LogP) is 6.82. The van der Waals surface area contributed by atoms with Crippen molar-refractivity contribution in [1.82, 2.24) is 4.98 Å². The molecule has 0 fully saturated rings. The van der Waals surface area contributed by atoms with E-state index in [1.165, 1.54) is 35.8 Å². The highest BCUT2D eigenvalue weighted by Crippen LogP contribution is 2.33. The molecule has 0 saturated carbocycles. The SMILES string of the molecule is CCCCc1ccc2nc(NC(=O)/C=C/c3cc(Br)cc(Br)c3OC)sc2c1. The van der Waals surface area contributed by atoms with Gasteiger partial charge in [0.1, 0.15) is 5.75 Å². The Hall–Kier alpha value is -1.70. The Labute approximate surface area is 185 Å². The van der Waals surface area contributed by atoms with E-state index in [9.17, 15) is 4.79 Å². The first-order valence-corrected chi connectivity index (χ1v) is 11.3. The number of anilines is 1. The minimum atomic E-state index is -0.233. The molecule has 1 N–H and O–H groups in total. The van der Waals surface area contributed by atoms with Crippen LogP contribution in [0.25, 0.3) is 16.3 Å². The van der Waals surface area contributed by atoms with E-state index in [4.69, 9.17) is 4.74 Å². The molecule has 0 saturated heterocycles. The van der Waals surface area contributed by atoms with Crippen LogP contribution in [0.3, 0.4) is 0 Å². The van der Waals surface area contributed by atoms with Crippen LogP contribution in [-0.2, 0) is 11.2 Å². The van der Waals surface area contributed by atoms with Crippen LogP contribution >= 0.6 is 43.2 Å². The smallest absolute Gasteiger partial charge is 0.250 e. The molecule has 0 aliphatic carbocycles. The first kappa shape index (κ1) is 21.0. The van der Waals surface area contributed by atoms with Crippen LogP contribution in [0, 0.1) is 0 Å². The molecule has 0 radical (unpaired) electrons. The zero-order chi connectivity index (χ0) is 20.1. The maximum absolute atomic E-state index is 12.3. The van der Waals surface area contributed by atoms with Crippen molar-refractivity contribution in [2.75, 3.05) is 12.4 Å². The van der Waals surface area contributed by atoms with E-state index in [0.717, 1.165) is 31.1 Å². The summed E-state index contributed by atoms with van der Waals surface area (Å²) in [6.07, 6.45) is 6.62. The average molecular weight is 524 g/mol. The fourth-order valence-corrected chi connectivity index (χ4v) is 5.14. The molecule has 1 heterocycles. The first-order valence-electron chi connectivity index (χ1n) is 8.91. The number of aryl methyl sites for hydroxylation is 1. The van der Waals surface area contributed by atoms with Gasteiger partial charge in [0.2, 0.25) is 5.91 Å². The summed E-state index contributed by atoms with van der Waals surface area (Å²) in [5.74, 6) is 0.440. The number of unbranched alkanes of at least 4 members (excludes halogenated alkanes) is 1. The summed E-state index contributed by atoms with van der Waals surface area (Å²) >= 11 is 8.40. The second-order valence-electron chi connectivity index (χ2n) is 6.26. The second kappa shape index (κ2) is 9.67. The highest BCUT2D eigenvalue weighted by Gasteiger charge is 2.09. The second-order valence-corrected chi connectivity index (χ2v) is 9.06. The Bertz CT molecular complexity index is 1030. The van der Waals surface area contributed by atoms with E-state index < -0.39 is 0 Å². The molecule has 3 aromatic rings. The third-order valence-corrected chi connectivity index (χ3v) is 6.14. The Balaban J connectivity index is 1.73. The number of methoxy groups -OCH3 is 1. The summed E-state index contributed by atoms with van der Waals surface area (Å²) in [6.45, 7) is 2.19. The van der Waals surface area contributed by atoms with Crippen molar-refractivity contribution in [1.29, 1.82) is 0 Å². The lowest BCUT2D eigenvalue weighted by atomic mass is 10.1. The normalized spacial score (nSPS) is 11.3. The van der Waals surface area contributed by atoms with Gasteiger partial charge in [0.25, 0.3) is 0 Å². The van der Waals surface area contributed by atoms with Gasteiger partial charge in [0, 0.05) is 16.1 Å². The summed E-state index contributed by atoms with van der Waals surface area (Å²) in [5, 5.41) is 3.45.